The van der Waals surface area contributed by atoms with Gasteiger partial charge in [0.05, 0.1) is 7.11 Å². The van der Waals surface area contributed by atoms with Crippen molar-refractivity contribution in [3.63, 3.8) is 0 Å². The van der Waals surface area contributed by atoms with Crippen molar-refractivity contribution in [2.75, 3.05) is 7.11 Å². The molecule has 0 radical (unpaired) electrons. The Morgan fingerprint density at radius 2 is 1.60 bits per heavy atom. The van der Waals surface area contributed by atoms with Crippen LogP contribution in [0.5, 0.6) is 5.75 Å². The summed E-state index contributed by atoms with van der Waals surface area (Å²) in [5, 5.41) is 0.591. The number of ketones is 1. The van der Waals surface area contributed by atoms with Gasteiger partial charge in [-0.15, -0.1) is 0 Å². The number of allylic oxidation sites excluding steroid dienone is 1. The van der Waals surface area contributed by atoms with E-state index in [1.807, 2.05) is 0 Å². The fourth-order valence-corrected chi connectivity index (χ4v) is 1.83. The summed E-state index contributed by atoms with van der Waals surface area (Å²) >= 11 is 5.78. The Kier molecular flexibility index (Phi) is 4.43. The second kappa shape index (κ2) is 6.26. The molecular formula is C16H14ClNO2. The Morgan fingerprint density at radius 1 is 1.05 bits per heavy atom. The molecule has 102 valence electrons. The lowest BCUT2D eigenvalue weighted by atomic mass is 10.1. The molecule has 20 heavy (non-hydrogen) atoms. The highest BCUT2D eigenvalue weighted by atomic mass is 35.5. The summed E-state index contributed by atoms with van der Waals surface area (Å²) in [5.41, 5.74) is 7.66. The second-order valence-electron chi connectivity index (χ2n) is 4.20. The zero-order chi connectivity index (χ0) is 14.5. The lowest BCUT2D eigenvalue weighted by molar-refractivity contribution is 0.104. The maximum absolute atomic E-state index is 12.0. The minimum atomic E-state index is -0.157. The van der Waals surface area contributed by atoms with Crippen molar-refractivity contribution < 1.29 is 9.53 Å². The standard InChI is InChI=1S/C16H14ClNO2/c1-20-14-8-4-11(5-9-14)15(18)10-16(19)12-2-6-13(17)7-3-12/h2-10H,18H2,1H3/b15-10-. The van der Waals surface area contributed by atoms with Gasteiger partial charge in [0, 0.05) is 22.4 Å². The second-order valence-corrected chi connectivity index (χ2v) is 4.64. The Hall–Kier alpha value is -2.26. The van der Waals surface area contributed by atoms with Gasteiger partial charge >= 0.3 is 0 Å². The Morgan fingerprint density at radius 3 is 2.15 bits per heavy atom. The van der Waals surface area contributed by atoms with Gasteiger partial charge in [0.25, 0.3) is 0 Å². The monoisotopic (exact) mass is 287 g/mol. The fourth-order valence-electron chi connectivity index (χ4n) is 1.71. The molecule has 0 atom stereocenters. The number of carbonyl (C=O) groups is 1. The van der Waals surface area contributed by atoms with Crippen LogP contribution in [0.15, 0.2) is 54.6 Å². The third-order valence-corrected chi connectivity index (χ3v) is 3.09. The Balaban J connectivity index is 2.20. The highest BCUT2D eigenvalue weighted by molar-refractivity contribution is 6.30. The molecule has 0 aliphatic carbocycles. The molecule has 0 unspecified atom stereocenters. The number of benzene rings is 2. The lowest BCUT2D eigenvalue weighted by Crippen LogP contribution is -2.02. The molecule has 0 bridgehead atoms. The maximum Gasteiger partial charge on any atom is 0.187 e. The predicted octanol–water partition coefficient (Wildman–Crippen LogP) is 3.53. The molecule has 0 aliphatic rings. The normalized spacial score (nSPS) is 11.2. The van der Waals surface area contributed by atoms with Crippen molar-refractivity contribution in [3.05, 3.63) is 70.8 Å². The first kappa shape index (κ1) is 14.2. The molecule has 4 heteroatoms. The highest BCUT2D eigenvalue weighted by Gasteiger charge is 2.05. The van der Waals surface area contributed by atoms with Gasteiger partial charge in [-0.25, -0.2) is 0 Å². The zero-order valence-corrected chi connectivity index (χ0v) is 11.7. The van der Waals surface area contributed by atoms with Gasteiger partial charge in [0.1, 0.15) is 5.75 Å². The van der Waals surface area contributed by atoms with Crippen LogP contribution in [0.1, 0.15) is 15.9 Å². The van der Waals surface area contributed by atoms with Crippen molar-refractivity contribution >= 4 is 23.1 Å². The summed E-state index contributed by atoms with van der Waals surface area (Å²) < 4.78 is 5.07. The van der Waals surface area contributed by atoms with Gasteiger partial charge < -0.3 is 10.5 Å². The van der Waals surface area contributed by atoms with Gasteiger partial charge in [0.2, 0.25) is 0 Å². The van der Waals surface area contributed by atoms with Gasteiger partial charge in [-0.3, -0.25) is 4.79 Å². The molecule has 0 spiro atoms. The number of rotatable bonds is 4. The van der Waals surface area contributed by atoms with Crippen LogP contribution in [0.4, 0.5) is 0 Å². The van der Waals surface area contributed by atoms with Crippen molar-refractivity contribution in [1.29, 1.82) is 0 Å². The van der Waals surface area contributed by atoms with E-state index >= 15 is 0 Å². The summed E-state index contributed by atoms with van der Waals surface area (Å²) in [6.45, 7) is 0. The van der Waals surface area contributed by atoms with E-state index in [1.165, 1.54) is 6.08 Å². The summed E-state index contributed by atoms with van der Waals surface area (Å²) in [7, 11) is 1.60. The van der Waals surface area contributed by atoms with E-state index in [-0.39, 0.29) is 5.78 Å². The van der Waals surface area contributed by atoms with Crippen LogP contribution in [0.3, 0.4) is 0 Å². The summed E-state index contributed by atoms with van der Waals surface area (Å²) in [4.78, 5) is 12.0. The van der Waals surface area contributed by atoms with Gasteiger partial charge in [-0.05, 0) is 54.1 Å². The van der Waals surface area contributed by atoms with E-state index < -0.39 is 0 Å². The minimum Gasteiger partial charge on any atom is -0.497 e. The first-order chi connectivity index (χ1) is 9.60. The average Bonchev–Trinajstić information content (AvgIpc) is 2.48. The van der Waals surface area contributed by atoms with Crippen LogP contribution in [-0.4, -0.2) is 12.9 Å². The summed E-state index contributed by atoms with van der Waals surface area (Å²) in [5.74, 6) is 0.584. The molecule has 2 N–H and O–H groups in total. The fraction of sp³-hybridized carbons (Fsp3) is 0.0625. The molecule has 0 heterocycles. The van der Waals surface area contributed by atoms with Crippen molar-refractivity contribution in [2.24, 2.45) is 5.73 Å². The van der Waals surface area contributed by atoms with Crippen LogP contribution in [-0.2, 0) is 0 Å². The van der Waals surface area contributed by atoms with E-state index in [0.717, 1.165) is 11.3 Å². The van der Waals surface area contributed by atoms with Gasteiger partial charge in [-0.2, -0.15) is 0 Å². The molecule has 0 saturated carbocycles. The number of carbonyl (C=O) groups excluding carboxylic acids is 1. The highest BCUT2D eigenvalue weighted by Crippen LogP contribution is 2.16. The number of methoxy groups -OCH3 is 1. The van der Waals surface area contributed by atoms with E-state index in [9.17, 15) is 4.79 Å². The minimum absolute atomic E-state index is 0.157. The molecule has 2 aromatic carbocycles. The zero-order valence-electron chi connectivity index (χ0n) is 11.0. The Labute approximate surface area is 122 Å². The molecule has 2 rings (SSSR count). The first-order valence-electron chi connectivity index (χ1n) is 6.01. The molecule has 0 saturated heterocycles. The quantitative estimate of drug-likeness (QED) is 0.691. The molecule has 0 aliphatic heterocycles. The van der Waals surface area contributed by atoms with E-state index in [2.05, 4.69) is 0 Å². The maximum atomic E-state index is 12.0. The molecule has 3 nitrogen and oxygen atoms in total. The molecule has 0 amide bonds. The third kappa shape index (κ3) is 3.39. The van der Waals surface area contributed by atoms with Crippen molar-refractivity contribution in [2.45, 2.75) is 0 Å². The van der Waals surface area contributed by atoms with E-state index in [1.54, 1.807) is 55.6 Å². The average molecular weight is 288 g/mol. The Bertz CT molecular complexity index is 631. The van der Waals surface area contributed by atoms with Gasteiger partial charge in [0.15, 0.2) is 5.78 Å². The van der Waals surface area contributed by atoms with Crippen LogP contribution in [0.2, 0.25) is 5.02 Å². The van der Waals surface area contributed by atoms with Crippen LogP contribution >= 0.6 is 11.6 Å². The molecule has 0 aromatic heterocycles. The summed E-state index contributed by atoms with van der Waals surface area (Å²) in [6.07, 6.45) is 1.41. The summed E-state index contributed by atoms with van der Waals surface area (Å²) in [6, 6.07) is 13.9. The topological polar surface area (TPSA) is 52.3 Å². The number of halogens is 1. The molecule has 0 fully saturated rings. The smallest absolute Gasteiger partial charge is 0.187 e. The largest absolute Gasteiger partial charge is 0.497 e. The lowest BCUT2D eigenvalue weighted by Gasteiger charge is -2.04. The van der Waals surface area contributed by atoms with Crippen molar-refractivity contribution in [3.8, 4) is 5.75 Å². The molecular weight excluding hydrogens is 274 g/mol. The number of hydrogen-bond acceptors (Lipinski definition) is 3. The van der Waals surface area contributed by atoms with Crippen LogP contribution in [0.25, 0.3) is 5.70 Å². The van der Waals surface area contributed by atoms with Crippen LogP contribution < -0.4 is 10.5 Å². The van der Waals surface area contributed by atoms with Gasteiger partial charge in [-0.1, -0.05) is 11.6 Å². The first-order valence-corrected chi connectivity index (χ1v) is 6.39. The van der Waals surface area contributed by atoms with Crippen LogP contribution in [0, 0.1) is 0 Å². The molecule has 2 aromatic rings. The number of nitrogens with two attached hydrogens (primary N) is 1. The van der Waals surface area contributed by atoms with Crippen molar-refractivity contribution in [1.82, 2.24) is 0 Å². The third-order valence-electron chi connectivity index (χ3n) is 2.84. The van der Waals surface area contributed by atoms with E-state index in [4.69, 9.17) is 22.1 Å². The van der Waals surface area contributed by atoms with E-state index in [0.29, 0.717) is 16.3 Å². The SMILES string of the molecule is COc1ccc(/C(N)=C/C(=O)c2ccc(Cl)cc2)cc1. The predicted molar refractivity (Wildman–Crippen MR) is 80.9 cm³/mol. The number of hydrogen-bond donors (Lipinski definition) is 1. The number of ether oxygens (including phenoxy) is 1.